The Hall–Kier alpha value is -2.89. The van der Waals surface area contributed by atoms with Crippen LogP contribution in [-0.2, 0) is 6.61 Å². The third-order valence-electron chi connectivity index (χ3n) is 2.95. The number of aromatic hydroxyl groups is 1. The van der Waals surface area contributed by atoms with E-state index in [2.05, 4.69) is 4.98 Å². The first-order chi connectivity index (χ1) is 11.0. The van der Waals surface area contributed by atoms with Crippen LogP contribution < -0.4 is 4.74 Å². The van der Waals surface area contributed by atoms with Crippen LogP contribution in [0.4, 0.5) is 4.39 Å². The fraction of sp³-hybridized carbons (Fsp3) is 0.176. The number of pyridine rings is 1. The number of rotatable bonds is 6. The molecule has 23 heavy (non-hydrogen) atoms. The Morgan fingerprint density at radius 2 is 2.13 bits per heavy atom. The molecular weight excluding hydrogens is 299 g/mol. The number of halogens is 1. The summed E-state index contributed by atoms with van der Waals surface area (Å²) in [6, 6.07) is 7.29. The largest absolute Gasteiger partial charge is 0.507 e. The number of ketones is 1. The molecule has 0 amide bonds. The molecule has 0 saturated heterocycles. The van der Waals surface area contributed by atoms with E-state index in [0.29, 0.717) is 11.3 Å². The minimum Gasteiger partial charge on any atom is -0.507 e. The van der Waals surface area contributed by atoms with Crippen LogP contribution in [0.1, 0.15) is 15.9 Å². The maximum atomic E-state index is 13.0. The summed E-state index contributed by atoms with van der Waals surface area (Å²) < 4.78 is 18.5. The van der Waals surface area contributed by atoms with Crippen molar-refractivity contribution in [3.63, 3.8) is 0 Å². The summed E-state index contributed by atoms with van der Waals surface area (Å²) in [6.07, 6.45) is 4.30. The molecule has 0 atom stereocenters. The maximum Gasteiger partial charge on any atom is 0.213 e. The molecule has 6 heteroatoms. The lowest BCUT2D eigenvalue weighted by atomic mass is 10.1. The molecule has 0 bridgehead atoms. The first kappa shape index (κ1) is 16.5. The van der Waals surface area contributed by atoms with Crippen LogP contribution in [0, 0.1) is 5.95 Å². The van der Waals surface area contributed by atoms with Crippen molar-refractivity contribution < 1.29 is 19.0 Å². The number of carbonyl (C=O) groups excluding carboxylic acids is 1. The topological polar surface area (TPSA) is 62.7 Å². The van der Waals surface area contributed by atoms with Gasteiger partial charge in [0.05, 0.1) is 5.56 Å². The molecule has 1 aromatic carbocycles. The van der Waals surface area contributed by atoms with E-state index in [1.807, 2.05) is 0 Å². The van der Waals surface area contributed by atoms with E-state index in [0.717, 1.165) is 0 Å². The number of carbonyl (C=O) groups is 1. The van der Waals surface area contributed by atoms with Gasteiger partial charge in [-0.05, 0) is 35.9 Å². The number of hydrogen-bond donors (Lipinski definition) is 1. The van der Waals surface area contributed by atoms with Gasteiger partial charge < -0.3 is 14.7 Å². The van der Waals surface area contributed by atoms with E-state index in [4.69, 9.17) is 4.74 Å². The quantitative estimate of drug-likeness (QED) is 0.504. The van der Waals surface area contributed by atoms with Gasteiger partial charge in [0, 0.05) is 32.6 Å². The zero-order valence-corrected chi connectivity index (χ0v) is 12.9. The van der Waals surface area contributed by atoms with Gasteiger partial charge in [-0.2, -0.15) is 4.39 Å². The second kappa shape index (κ2) is 7.40. The molecule has 0 fully saturated rings. The van der Waals surface area contributed by atoms with E-state index < -0.39 is 5.95 Å². The van der Waals surface area contributed by atoms with Crippen LogP contribution in [0.3, 0.4) is 0 Å². The lowest BCUT2D eigenvalue weighted by Gasteiger charge is -2.09. The summed E-state index contributed by atoms with van der Waals surface area (Å²) in [5, 5.41) is 9.81. The summed E-state index contributed by atoms with van der Waals surface area (Å²) in [7, 11) is 3.58. The van der Waals surface area contributed by atoms with Crippen LogP contribution in [0.25, 0.3) is 0 Å². The first-order valence-corrected chi connectivity index (χ1v) is 6.91. The lowest BCUT2D eigenvalue weighted by Crippen LogP contribution is -2.04. The molecule has 120 valence electrons. The predicted octanol–water partition coefficient (Wildman–Crippen LogP) is 2.76. The van der Waals surface area contributed by atoms with Crippen LogP contribution in [0.15, 0.2) is 48.8 Å². The summed E-state index contributed by atoms with van der Waals surface area (Å²) in [4.78, 5) is 17.2. The highest BCUT2D eigenvalue weighted by atomic mass is 19.1. The molecule has 0 aliphatic heterocycles. The first-order valence-electron chi connectivity index (χ1n) is 6.91. The third-order valence-corrected chi connectivity index (χ3v) is 2.95. The molecule has 0 aliphatic rings. The normalized spacial score (nSPS) is 10.7. The molecule has 0 aliphatic carbocycles. The molecule has 2 aromatic rings. The van der Waals surface area contributed by atoms with Gasteiger partial charge in [-0.3, -0.25) is 4.79 Å². The van der Waals surface area contributed by atoms with Crippen molar-refractivity contribution in [3.8, 4) is 11.5 Å². The number of phenolic OH excluding ortho intramolecular Hbond substituents is 1. The van der Waals surface area contributed by atoms with Crippen molar-refractivity contribution in [2.45, 2.75) is 6.61 Å². The molecule has 0 saturated carbocycles. The summed E-state index contributed by atoms with van der Waals surface area (Å²) in [5.74, 6) is -0.638. The Kier molecular flexibility index (Phi) is 5.30. The Balaban J connectivity index is 2.12. The zero-order chi connectivity index (χ0) is 16.8. The van der Waals surface area contributed by atoms with E-state index in [9.17, 15) is 14.3 Å². The minimum atomic E-state index is -0.582. The fourth-order valence-electron chi connectivity index (χ4n) is 1.81. The summed E-state index contributed by atoms with van der Waals surface area (Å²) in [5.41, 5.74) is 0.757. The number of hydrogen-bond acceptors (Lipinski definition) is 5. The Bertz CT molecular complexity index is 730. The Labute approximate surface area is 133 Å². The van der Waals surface area contributed by atoms with E-state index in [-0.39, 0.29) is 23.7 Å². The van der Waals surface area contributed by atoms with E-state index in [1.54, 1.807) is 37.3 Å². The molecule has 0 unspecified atom stereocenters. The number of nitrogens with zero attached hydrogens (tertiary/aromatic N) is 2. The second-order valence-electron chi connectivity index (χ2n) is 5.10. The predicted molar refractivity (Wildman–Crippen MR) is 83.8 cm³/mol. The van der Waals surface area contributed by atoms with Gasteiger partial charge in [-0.25, -0.2) is 4.98 Å². The molecule has 0 spiro atoms. The average Bonchev–Trinajstić information content (AvgIpc) is 2.52. The average molecular weight is 316 g/mol. The van der Waals surface area contributed by atoms with Gasteiger partial charge >= 0.3 is 0 Å². The van der Waals surface area contributed by atoms with Gasteiger partial charge in [0.25, 0.3) is 0 Å². The highest BCUT2D eigenvalue weighted by molar-refractivity contribution is 6.06. The van der Waals surface area contributed by atoms with Crippen molar-refractivity contribution in [2.75, 3.05) is 14.1 Å². The Morgan fingerprint density at radius 1 is 1.35 bits per heavy atom. The van der Waals surface area contributed by atoms with Crippen LogP contribution in [0.5, 0.6) is 11.5 Å². The number of benzene rings is 1. The molecule has 1 heterocycles. The van der Waals surface area contributed by atoms with Gasteiger partial charge in [0.1, 0.15) is 18.1 Å². The number of allylic oxidation sites excluding steroid dienone is 1. The molecule has 0 radical (unpaired) electrons. The highest BCUT2D eigenvalue weighted by Gasteiger charge is 2.10. The van der Waals surface area contributed by atoms with Gasteiger partial charge in [-0.15, -0.1) is 0 Å². The molecule has 1 N–H and O–H groups in total. The second-order valence-corrected chi connectivity index (χ2v) is 5.10. The van der Waals surface area contributed by atoms with Gasteiger partial charge in [-0.1, -0.05) is 0 Å². The SMILES string of the molecule is CN(C)/C=C/C(=O)c1cc(OCc2ccnc(F)c2)ccc1O. The van der Waals surface area contributed by atoms with Crippen molar-refractivity contribution >= 4 is 5.78 Å². The fourth-order valence-corrected chi connectivity index (χ4v) is 1.81. The molecule has 2 rings (SSSR count). The van der Waals surface area contributed by atoms with Crippen molar-refractivity contribution in [1.82, 2.24) is 9.88 Å². The zero-order valence-electron chi connectivity index (χ0n) is 12.9. The monoisotopic (exact) mass is 316 g/mol. The van der Waals surface area contributed by atoms with Crippen molar-refractivity contribution in [2.24, 2.45) is 0 Å². The van der Waals surface area contributed by atoms with Crippen molar-refractivity contribution in [3.05, 3.63) is 65.9 Å². The van der Waals surface area contributed by atoms with Gasteiger partial charge in [0.2, 0.25) is 5.95 Å². The number of aromatic nitrogens is 1. The minimum absolute atomic E-state index is 0.124. The molecule has 1 aromatic heterocycles. The van der Waals surface area contributed by atoms with Gasteiger partial charge in [0.15, 0.2) is 5.78 Å². The van der Waals surface area contributed by atoms with Crippen LogP contribution >= 0.6 is 0 Å². The Morgan fingerprint density at radius 3 is 2.83 bits per heavy atom. The number of phenols is 1. The van der Waals surface area contributed by atoms with E-state index >= 15 is 0 Å². The number of ether oxygens (including phenoxy) is 1. The summed E-state index contributed by atoms with van der Waals surface area (Å²) in [6.45, 7) is 0.130. The van der Waals surface area contributed by atoms with Crippen molar-refractivity contribution in [1.29, 1.82) is 0 Å². The molecule has 5 nitrogen and oxygen atoms in total. The smallest absolute Gasteiger partial charge is 0.213 e. The standard InChI is InChI=1S/C17H17FN2O3/c1-20(2)8-6-16(22)14-10-13(3-4-15(14)21)23-11-12-5-7-19-17(18)9-12/h3-10,21H,11H2,1-2H3/b8-6+. The molecular formula is C17H17FN2O3. The third kappa shape index (κ3) is 4.81. The summed E-state index contributed by atoms with van der Waals surface area (Å²) >= 11 is 0. The highest BCUT2D eigenvalue weighted by Crippen LogP contribution is 2.24. The van der Waals surface area contributed by atoms with Crippen LogP contribution in [-0.4, -0.2) is 34.9 Å². The van der Waals surface area contributed by atoms with E-state index in [1.165, 1.54) is 30.5 Å². The van der Waals surface area contributed by atoms with Crippen LogP contribution in [0.2, 0.25) is 0 Å². The maximum absolute atomic E-state index is 13.0. The lowest BCUT2D eigenvalue weighted by molar-refractivity contribution is 0.104.